The normalized spacial score (nSPS) is 43.4. The molecule has 3 nitrogen and oxygen atoms in total. The van der Waals surface area contributed by atoms with Crippen molar-refractivity contribution in [2.75, 3.05) is 0 Å². The molecular weight excluding hydrogens is 264 g/mol. The Balaban J connectivity index is 1.69. The van der Waals surface area contributed by atoms with Crippen LogP contribution in [0.4, 0.5) is 0 Å². The molecule has 2 saturated heterocycles. The number of hydrogen-bond donors (Lipinski definition) is 1. The molecule has 0 spiro atoms. The number of unbranched alkanes of at least 4 members (excludes halogenated alkanes) is 1. The Bertz CT molecular complexity index is 541. The first-order valence-electron chi connectivity index (χ1n) is 8.02. The van der Waals surface area contributed by atoms with E-state index < -0.39 is 5.79 Å². The van der Waals surface area contributed by atoms with Crippen LogP contribution in [0.15, 0.2) is 42.5 Å². The lowest BCUT2D eigenvalue weighted by Gasteiger charge is -2.30. The van der Waals surface area contributed by atoms with Gasteiger partial charge >= 0.3 is 0 Å². The number of rotatable bonds is 4. The zero-order valence-electron chi connectivity index (χ0n) is 12.3. The van der Waals surface area contributed by atoms with Crippen LogP contribution in [0.2, 0.25) is 0 Å². The minimum absolute atomic E-state index is 0.00979. The molecule has 3 aliphatic rings. The Morgan fingerprint density at radius 3 is 2.67 bits per heavy atom. The van der Waals surface area contributed by atoms with E-state index in [2.05, 4.69) is 31.2 Å². The monoisotopic (exact) mass is 286 g/mol. The van der Waals surface area contributed by atoms with E-state index in [0.717, 1.165) is 18.4 Å². The number of benzene rings is 1. The Hall–Kier alpha value is -1.16. The third-order valence-electron chi connectivity index (χ3n) is 5.17. The Labute approximate surface area is 125 Å². The molecule has 2 fully saturated rings. The summed E-state index contributed by atoms with van der Waals surface area (Å²) in [5.74, 6) is -0.765. The van der Waals surface area contributed by atoms with Gasteiger partial charge in [-0.25, -0.2) is 0 Å². The molecule has 4 rings (SSSR count). The largest absolute Gasteiger partial charge is 0.366 e. The SMILES string of the molecule is CCCC[C@@]1(O)O[C@H](c2ccccc2)[C@H]2[C@@H]1[C@@H]1C=C[C@H]2O1. The van der Waals surface area contributed by atoms with Gasteiger partial charge in [0.1, 0.15) is 0 Å². The molecule has 3 aliphatic heterocycles. The molecule has 0 radical (unpaired) electrons. The number of hydrogen-bond acceptors (Lipinski definition) is 3. The van der Waals surface area contributed by atoms with Crippen LogP contribution in [-0.2, 0) is 9.47 Å². The second-order valence-electron chi connectivity index (χ2n) is 6.45. The summed E-state index contributed by atoms with van der Waals surface area (Å²) in [7, 11) is 0. The third kappa shape index (κ3) is 1.99. The highest BCUT2D eigenvalue weighted by Crippen LogP contribution is 2.58. The molecule has 0 saturated carbocycles. The summed E-state index contributed by atoms with van der Waals surface area (Å²) in [5, 5.41) is 11.1. The number of aliphatic hydroxyl groups is 1. The summed E-state index contributed by atoms with van der Waals surface area (Å²) in [6.07, 6.45) is 6.98. The molecule has 3 heterocycles. The Morgan fingerprint density at radius 1 is 1.14 bits per heavy atom. The predicted octanol–water partition coefficient (Wildman–Crippen LogP) is 3.21. The van der Waals surface area contributed by atoms with Crippen LogP contribution < -0.4 is 0 Å². The van der Waals surface area contributed by atoms with Gasteiger partial charge in [-0.15, -0.1) is 0 Å². The zero-order valence-corrected chi connectivity index (χ0v) is 12.3. The van der Waals surface area contributed by atoms with Crippen molar-refractivity contribution in [1.82, 2.24) is 0 Å². The third-order valence-corrected chi connectivity index (χ3v) is 5.17. The van der Waals surface area contributed by atoms with Gasteiger partial charge in [-0.3, -0.25) is 0 Å². The highest BCUT2D eigenvalue weighted by Gasteiger charge is 2.64. The lowest BCUT2D eigenvalue weighted by Crippen LogP contribution is -2.41. The van der Waals surface area contributed by atoms with Gasteiger partial charge in [-0.2, -0.15) is 0 Å². The lowest BCUT2D eigenvalue weighted by molar-refractivity contribution is -0.229. The van der Waals surface area contributed by atoms with E-state index in [9.17, 15) is 5.11 Å². The van der Waals surface area contributed by atoms with Gasteiger partial charge in [0, 0.05) is 12.3 Å². The second kappa shape index (κ2) is 4.94. The van der Waals surface area contributed by atoms with Gasteiger partial charge in [0.25, 0.3) is 0 Å². The fourth-order valence-electron chi connectivity index (χ4n) is 4.22. The van der Waals surface area contributed by atoms with E-state index >= 15 is 0 Å². The maximum atomic E-state index is 11.1. The quantitative estimate of drug-likeness (QED) is 0.864. The average Bonchev–Trinajstić information content (AvgIpc) is 3.19. The van der Waals surface area contributed by atoms with Crippen LogP contribution in [0.25, 0.3) is 0 Å². The summed E-state index contributed by atoms with van der Waals surface area (Å²) in [6, 6.07) is 10.2. The number of fused-ring (bicyclic) bond motifs is 5. The Morgan fingerprint density at radius 2 is 1.90 bits per heavy atom. The van der Waals surface area contributed by atoms with Crippen molar-refractivity contribution >= 4 is 0 Å². The molecule has 0 aromatic heterocycles. The standard InChI is InChI=1S/C18H22O3/c1-2-3-11-18(19)16-14-10-9-13(20-14)15(16)17(21-18)12-7-5-4-6-8-12/h4-10,13-17,19H,2-3,11H2,1H3/t13-,14+,15-,16+,17-,18-/m1/s1. The molecule has 21 heavy (non-hydrogen) atoms. The van der Waals surface area contributed by atoms with E-state index in [1.807, 2.05) is 18.2 Å². The first-order valence-corrected chi connectivity index (χ1v) is 8.02. The van der Waals surface area contributed by atoms with Crippen LogP contribution in [0.1, 0.15) is 37.9 Å². The van der Waals surface area contributed by atoms with E-state index in [4.69, 9.17) is 9.47 Å². The van der Waals surface area contributed by atoms with Crippen LogP contribution in [0.5, 0.6) is 0 Å². The van der Waals surface area contributed by atoms with Crippen molar-refractivity contribution in [3.63, 3.8) is 0 Å². The lowest BCUT2D eigenvalue weighted by atomic mass is 9.75. The molecule has 0 unspecified atom stereocenters. The summed E-state index contributed by atoms with van der Waals surface area (Å²) in [4.78, 5) is 0. The zero-order chi connectivity index (χ0) is 14.4. The van der Waals surface area contributed by atoms with Crippen molar-refractivity contribution in [3.8, 4) is 0 Å². The van der Waals surface area contributed by atoms with Crippen molar-refractivity contribution in [2.45, 2.75) is 50.3 Å². The molecule has 0 aliphatic carbocycles. The van der Waals surface area contributed by atoms with Crippen LogP contribution in [0, 0.1) is 11.8 Å². The molecule has 2 bridgehead atoms. The smallest absolute Gasteiger partial charge is 0.172 e. The number of ether oxygens (including phenoxy) is 2. The van der Waals surface area contributed by atoms with Gasteiger partial charge in [0.15, 0.2) is 5.79 Å². The molecule has 1 aromatic carbocycles. The van der Waals surface area contributed by atoms with E-state index in [0.29, 0.717) is 6.42 Å². The molecule has 0 amide bonds. The minimum Gasteiger partial charge on any atom is -0.366 e. The average molecular weight is 286 g/mol. The molecule has 6 atom stereocenters. The summed E-state index contributed by atoms with van der Waals surface area (Å²) in [6.45, 7) is 2.14. The predicted molar refractivity (Wildman–Crippen MR) is 79.5 cm³/mol. The van der Waals surface area contributed by atoms with Gasteiger partial charge < -0.3 is 14.6 Å². The molecule has 3 heteroatoms. The van der Waals surface area contributed by atoms with Crippen LogP contribution in [0.3, 0.4) is 0 Å². The maximum Gasteiger partial charge on any atom is 0.172 e. The van der Waals surface area contributed by atoms with Gasteiger partial charge in [0.05, 0.1) is 24.2 Å². The maximum absolute atomic E-state index is 11.1. The second-order valence-corrected chi connectivity index (χ2v) is 6.45. The van der Waals surface area contributed by atoms with Crippen molar-refractivity contribution in [3.05, 3.63) is 48.0 Å². The van der Waals surface area contributed by atoms with E-state index in [1.54, 1.807) is 0 Å². The van der Waals surface area contributed by atoms with E-state index in [1.165, 1.54) is 0 Å². The summed E-state index contributed by atoms with van der Waals surface area (Å²) >= 11 is 0. The highest BCUT2D eigenvalue weighted by molar-refractivity contribution is 5.27. The fourth-order valence-corrected chi connectivity index (χ4v) is 4.22. The van der Waals surface area contributed by atoms with Crippen molar-refractivity contribution < 1.29 is 14.6 Å². The van der Waals surface area contributed by atoms with Crippen LogP contribution >= 0.6 is 0 Å². The van der Waals surface area contributed by atoms with Gasteiger partial charge in [0.2, 0.25) is 0 Å². The summed E-state index contributed by atoms with van der Waals surface area (Å²) < 4.78 is 12.2. The van der Waals surface area contributed by atoms with Crippen molar-refractivity contribution in [2.24, 2.45) is 11.8 Å². The minimum atomic E-state index is -1.05. The van der Waals surface area contributed by atoms with Gasteiger partial charge in [-0.05, 0) is 12.0 Å². The first-order chi connectivity index (χ1) is 10.2. The topological polar surface area (TPSA) is 38.7 Å². The molecule has 1 aromatic rings. The molecular formula is C18H22O3. The first kappa shape index (κ1) is 13.5. The fraction of sp³-hybridized carbons (Fsp3) is 0.556. The molecule has 112 valence electrons. The Kier molecular flexibility index (Phi) is 3.18. The van der Waals surface area contributed by atoms with Gasteiger partial charge in [-0.1, -0.05) is 55.8 Å². The van der Waals surface area contributed by atoms with Crippen molar-refractivity contribution in [1.29, 1.82) is 0 Å². The highest BCUT2D eigenvalue weighted by atomic mass is 16.6. The molecule has 1 N–H and O–H groups in total. The van der Waals surface area contributed by atoms with Crippen LogP contribution in [-0.4, -0.2) is 23.1 Å². The summed E-state index contributed by atoms with van der Waals surface area (Å²) in [5.41, 5.74) is 1.14. The van der Waals surface area contributed by atoms with E-state index in [-0.39, 0.29) is 30.1 Å².